The molecule has 1 aliphatic heterocycles. The zero-order chi connectivity index (χ0) is 25.2. The standard InChI is InChI=1S/C25H29F3N2O5/c26-25(27,28)17-5-3-4-16(8-17)12-30-13-18(31)11-29-23(34)19-6-1-2-7-22(19)35-15-24(14-30)9-20(32)21(33)10-24/h1-8,18,20-21,31-33H,9-15H2,(H,29,34)/t18-,20-,21+,24?/m0/s1. The maximum atomic E-state index is 13.2. The third-order valence-corrected chi connectivity index (χ3v) is 6.58. The van der Waals surface area contributed by atoms with Crippen LogP contribution in [0.3, 0.4) is 0 Å². The van der Waals surface area contributed by atoms with E-state index in [2.05, 4.69) is 5.32 Å². The summed E-state index contributed by atoms with van der Waals surface area (Å²) in [6.45, 7) is 0.418. The van der Waals surface area contributed by atoms with Crippen molar-refractivity contribution < 1.29 is 38.0 Å². The highest BCUT2D eigenvalue weighted by Crippen LogP contribution is 2.41. The van der Waals surface area contributed by atoms with Crippen LogP contribution in [0.15, 0.2) is 48.5 Å². The van der Waals surface area contributed by atoms with Crippen molar-refractivity contribution in [2.24, 2.45) is 5.41 Å². The van der Waals surface area contributed by atoms with E-state index in [1.165, 1.54) is 6.07 Å². The number of rotatable bonds is 2. The number of halogens is 3. The molecule has 190 valence electrons. The van der Waals surface area contributed by atoms with E-state index in [4.69, 9.17) is 4.74 Å². The quantitative estimate of drug-likeness (QED) is 0.511. The Morgan fingerprint density at radius 1 is 1.06 bits per heavy atom. The fourth-order valence-corrected chi connectivity index (χ4v) is 4.98. The molecule has 1 unspecified atom stereocenters. The fraction of sp³-hybridized carbons (Fsp3) is 0.480. The number of carbonyl (C=O) groups is 1. The first-order chi connectivity index (χ1) is 16.5. The molecule has 1 fully saturated rings. The SMILES string of the molecule is O=C1NC[C@H](O)CN(Cc2cccc(C(F)(F)F)c2)CC2(COc3ccccc31)C[C@@H](O)[C@@H](O)C2. The third kappa shape index (κ3) is 6.13. The van der Waals surface area contributed by atoms with Gasteiger partial charge in [0.2, 0.25) is 0 Å². The predicted octanol–water partition coefficient (Wildman–Crippen LogP) is 2.19. The van der Waals surface area contributed by atoms with E-state index >= 15 is 0 Å². The Hall–Kier alpha value is -2.66. The molecule has 4 N–H and O–H groups in total. The lowest BCUT2D eigenvalue weighted by Crippen LogP contribution is -2.46. The van der Waals surface area contributed by atoms with E-state index in [9.17, 15) is 33.3 Å². The Morgan fingerprint density at radius 3 is 2.49 bits per heavy atom. The van der Waals surface area contributed by atoms with Gasteiger partial charge in [-0.1, -0.05) is 30.3 Å². The molecule has 1 spiro atoms. The van der Waals surface area contributed by atoms with Crippen molar-refractivity contribution in [3.05, 3.63) is 65.2 Å². The van der Waals surface area contributed by atoms with E-state index < -0.39 is 41.4 Å². The van der Waals surface area contributed by atoms with Crippen LogP contribution in [0.25, 0.3) is 0 Å². The normalized spacial score (nSPS) is 28.5. The summed E-state index contributed by atoms with van der Waals surface area (Å²) < 4.78 is 45.7. The van der Waals surface area contributed by atoms with Crippen LogP contribution in [-0.2, 0) is 12.7 Å². The molecule has 2 aromatic carbocycles. The first kappa shape index (κ1) is 25.4. The molecule has 35 heavy (non-hydrogen) atoms. The number of carbonyl (C=O) groups excluding carboxylic acids is 1. The van der Waals surface area contributed by atoms with Gasteiger partial charge in [-0.3, -0.25) is 9.69 Å². The summed E-state index contributed by atoms with van der Waals surface area (Å²) in [6.07, 6.45) is -7.03. The average Bonchev–Trinajstić information content (AvgIpc) is 3.08. The number of nitrogens with one attached hydrogen (secondary N) is 1. The summed E-state index contributed by atoms with van der Waals surface area (Å²) in [5, 5.41) is 34.0. The molecule has 1 saturated carbocycles. The highest BCUT2D eigenvalue weighted by atomic mass is 19.4. The Balaban J connectivity index is 1.65. The molecule has 2 aromatic rings. The lowest BCUT2D eigenvalue weighted by Gasteiger charge is -2.37. The molecule has 4 rings (SSSR count). The van der Waals surface area contributed by atoms with Crippen molar-refractivity contribution in [3.8, 4) is 5.75 Å². The van der Waals surface area contributed by atoms with Crippen molar-refractivity contribution in [3.63, 3.8) is 0 Å². The summed E-state index contributed by atoms with van der Waals surface area (Å²) in [6, 6.07) is 11.7. The van der Waals surface area contributed by atoms with Crippen LogP contribution in [0.5, 0.6) is 5.75 Å². The number of para-hydroxylation sites is 1. The van der Waals surface area contributed by atoms with Crippen molar-refractivity contribution in [2.45, 2.75) is 43.9 Å². The zero-order valence-corrected chi connectivity index (χ0v) is 19.0. The van der Waals surface area contributed by atoms with E-state index in [0.717, 1.165) is 12.1 Å². The average molecular weight is 495 g/mol. The smallest absolute Gasteiger partial charge is 0.416 e. The summed E-state index contributed by atoms with van der Waals surface area (Å²) in [4.78, 5) is 14.5. The molecule has 0 aromatic heterocycles. The number of nitrogens with zero attached hydrogens (tertiary/aromatic N) is 1. The molecule has 1 amide bonds. The van der Waals surface area contributed by atoms with Crippen LogP contribution in [0.4, 0.5) is 13.2 Å². The molecule has 1 heterocycles. The van der Waals surface area contributed by atoms with Gasteiger partial charge in [0.1, 0.15) is 5.75 Å². The Kier molecular flexibility index (Phi) is 7.37. The maximum absolute atomic E-state index is 13.2. The first-order valence-electron chi connectivity index (χ1n) is 11.5. The van der Waals surface area contributed by atoms with Crippen LogP contribution in [0, 0.1) is 5.41 Å². The van der Waals surface area contributed by atoms with Crippen LogP contribution in [-0.4, -0.2) is 70.7 Å². The van der Waals surface area contributed by atoms with Crippen LogP contribution >= 0.6 is 0 Å². The lowest BCUT2D eigenvalue weighted by molar-refractivity contribution is -0.137. The van der Waals surface area contributed by atoms with E-state index in [0.29, 0.717) is 16.9 Å². The summed E-state index contributed by atoms with van der Waals surface area (Å²) in [7, 11) is 0. The minimum Gasteiger partial charge on any atom is -0.492 e. The molecule has 2 aliphatic rings. The molecule has 7 nitrogen and oxygen atoms in total. The molecule has 1 aliphatic carbocycles. The molecular formula is C25H29F3N2O5. The number of hydrogen-bond acceptors (Lipinski definition) is 6. The largest absolute Gasteiger partial charge is 0.492 e. The highest BCUT2D eigenvalue weighted by molar-refractivity contribution is 5.96. The van der Waals surface area contributed by atoms with Gasteiger partial charge in [-0.05, 0) is 36.6 Å². The minimum atomic E-state index is -4.48. The number of aliphatic hydroxyl groups is 3. The van der Waals surface area contributed by atoms with Crippen molar-refractivity contribution in [1.82, 2.24) is 10.2 Å². The molecule has 4 atom stereocenters. The lowest BCUT2D eigenvalue weighted by atomic mass is 9.85. The van der Waals surface area contributed by atoms with Gasteiger partial charge in [0, 0.05) is 31.6 Å². The topological polar surface area (TPSA) is 102 Å². The van der Waals surface area contributed by atoms with Gasteiger partial charge in [-0.2, -0.15) is 13.2 Å². The van der Waals surface area contributed by atoms with Crippen LogP contribution in [0.2, 0.25) is 0 Å². The monoisotopic (exact) mass is 494 g/mol. The first-order valence-corrected chi connectivity index (χ1v) is 11.5. The van der Waals surface area contributed by atoms with Crippen LogP contribution in [0.1, 0.15) is 34.3 Å². The van der Waals surface area contributed by atoms with Crippen molar-refractivity contribution in [2.75, 3.05) is 26.2 Å². The highest BCUT2D eigenvalue weighted by Gasteiger charge is 2.46. The molecule has 0 bridgehead atoms. The van der Waals surface area contributed by atoms with Gasteiger partial charge in [-0.25, -0.2) is 0 Å². The van der Waals surface area contributed by atoms with E-state index in [-0.39, 0.29) is 45.6 Å². The summed E-state index contributed by atoms with van der Waals surface area (Å²) in [5.41, 5.74) is -0.805. The number of aliphatic hydroxyl groups excluding tert-OH is 3. The Bertz CT molecular complexity index is 1040. The third-order valence-electron chi connectivity index (χ3n) is 6.58. The number of amides is 1. The summed E-state index contributed by atoms with van der Waals surface area (Å²) >= 11 is 0. The number of alkyl halides is 3. The van der Waals surface area contributed by atoms with Gasteiger partial charge >= 0.3 is 6.18 Å². The van der Waals surface area contributed by atoms with Crippen molar-refractivity contribution >= 4 is 5.91 Å². The van der Waals surface area contributed by atoms with Gasteiger partial charge in [0.15, 0.2) is 0 Å². The second kappa shape index (κ2) is 10.1. The van der Waals surface area contributed by atoms with Crippen LogP contribution < -0.4 is 10.1 Å². The second-order valence-electron chi connectivity index (χ2n) is 9.56. The Labute approximate surface area is 201 Å². The van der Waals surface area contributed by atoms with Gasteiger partial charge in [-0.15, -0.1) is 0 Å². The summed E-state index contributed by atoms with van der Waals surface area (Å²) in [5.74, 6) is -0.0926. The predicted molar refractivity (Wildman–Crippen MR) is 121 cm³/mol. The molecule has 10 heteroatoms. The number of ether oxygens (including phenoxy) is 1. The molecular weight excluding hydrogens is 465 g/mol. The van der Waals surface area contributed by atoms with Gasteiger partial charge in [0.25, 0.3) is 5.91 Å². The van der Waals surface area contributed by atoms with Crippen molar-refractivity contribution in [1.29, 1.82) is 0 Å². The number of benzene rings is 2. The number of β-amino-alcohol motifs (C(OH)–C–C–N with tert-alkyl or cyclic N) is 1. The maximum Gasteiger partial charge on any atom is 0.416 e. The second-order valence-corrected chi connectivity index (χ2v) is 9.56. The Morgan fingerprint density at radius 2 is 1.77 bits per heavy atom. The van der Waals surface area contributed by atoms with Gasteiger partial charge in [0.05, 0.1) is 36.0 Å². The molecule has 0 saturated heterocycles. The fourth-order valence-electron chi connectivity index (χ4n) is 4.98. The minimum absolute atomic E-state index is 0.0616. The van der Waals surface area contributed by atoms with E-state index in [1.807, 2.05) is 0 Å². The number of hydrogen-bond donors (Lipinski definition) is 4. The zero-order valence-electron chi connectivity index (χ0n) is 19.0. The van der Waals surface area contributed by atoms with E-state index in [1.54, 1.807) is 35.2 Å². The molecule has 0 radical (unpaired) electrons. The number of fused-ring (bicyclic) bond motifs is 1. The van der Waals surface area contributed by atoms with Gasteiger partial charge < -0.3 is 25.4 Å².